The highest BCUT2D eigenvalue weighted by Crippen LogP contribution is 2.22. The van der Waals surface area contributed by atoms with Gasteiger partial charge in [0.15, 0.2) is 0 Å². The Balaban J connectivity index is 2.08. The molecule has 0 aliphatic heterocycles. The summed E-state index contributed by atoms with van der Waals surface area (Å²) >= 11 is 3.44. The van der Waals surface area contributed by atoms with Gasteiger partial charge >= 0.3 is 6.01 Å². The molecule has 0 amide bonds. The average Bonchev–Trinajstić information content (AvgIpc) is 2.77. The van der Waals surface area contributed by atoms with Crippen LogP contribution in [0.15, 0.2) is 33.2 Å². The van der Waals surface area contributed by atoms with E-state index >= 15 is 0 Å². The number of halogens is 1. The predicted octanol–water partition coefficient (Wildman–Crippen LogP) is 3.02. The quantitative estimate of drug-likeness (QED) is 0.907. The molecule has 0 radical (unpaired) electrons. The zero-order chi connectivity index (χ0) is 13.1. The van der Waals surface area contributed by atoms with E-state index in [1.807, 2.05) is 31.2 Å². The van der Waals surface area contributed by atoms with Gasteiger partial charge in [0.05, 0.1) is 12.1 Å². The van der Waals surface area contributed by atoms with Gasteiger partial charge in [0.1, 0.15) is 0 Å². The van der Waals surface area contributed by atoms with Crippen molar-refractivity contribution in [3.05, 3.63) is 40.2 Å². The van der Waals surface area contributed by atoms with Gasteiger partial charge in [0, 0.05) is 4.47 Å². The van der Waals surface area contributed by atoms with E-state index in [1.165, 1.54) is 0 Å². The smallest absolute Gasteiger partial charge is 0.315 e. The van der Waals surface area contributed by atoms with Gasteiger partial charge in [-0.05, 0) is 31.5 Å². The third-order valence-electron chi connectivity index (χ3n) is 2.52. The van der Waals surface area contributed by atoms with Crippen LogP contribution in [0, 0.1) is 0 Å². The fourth-order valence-corrected chi connectivity index (χ4v) is 1.94. The summed E-state index contributed by atoms with van der Waals surface area (Å²) in [5.74, 6) is 0.430. The van der Waals surface area contributed by atoms with E-state index in [0.717, 1.165) is 10.0 Å². The molecule has 6 heteroatoms. The van der Waals surface area contributed by atoms with Crippen LogP contribution in [0.3, 0.4) is 0 Å². The molecule has 0 saturated heterocycles. The summed E-state index contributed by atoms with van der Waals surface area (Å²) in [5, 5.41) is 10.9. The predicted molar refractivity (Wildman–Crippen MR) is 73.1 cm³/mol. The van der Waals surface area contributed by atoms with Gasteiger partial charge in [-0.2, -0.15) is 0 Å². The second-order valence-electron chi connectivity index (χ2n) is 4.16. The van der Waals surface area contributed by atoms with Crippen molar-refractivity contribution in [3.8, 4) is 0 Å². The molecular formula is C12H15BrN4O. The van der Waals surface area contributed by atoms with Crippen molar-refractivity contribution in [1.82, 2.24) is 10.2 Å². The minimum atomic E-state index is -0.255. The third kappa shape index (κ3) is 3.08. The number of hydrogen-bond donors (Lipinski definition) is 2. The van der Waals surface area contributed by atoms with Crippen LogP contribution in [0.4, 0.5) is 6.01 Å². The third-order valence-corrected chi connectivity index (χ3v) is 3.01. The lowest BCUT2D eigenvalue weighted by atomic mass is 10.1. The van der Waals surface area contributed by atoms with Crippen LogP contribution in [-0.2, 0) is 0 Å². The summed E-state index contributed by atoms with van der Waals surface area (Å²) in [4.78, 5) is 0. The first-order valence-corrected chi connectivity index (χ1v) is 6.46. The number of benzene rings is 1. The molecule has 0 aliphatic rings. The Hall–Kier alpha value is -1.40. The summed E-state index contributed by atoms with van der Waals surface area (Å²) in [6, 6.07) is 8.25. The first kappa shape index (κ1) is 13.0. The minimum Gasteiger partial charge on any atom is -0.406 e. The highest BCUT2D eigenvalue weighted by molar-refractivity contribution is 9.10. The highest BCUT2D eigenvalue weighted by Gasteiger charge is 2.12. The van der Waals surface area contributed by atoms with E-state index in [-0.39, 0.29) is 12.1 Å². The molecule has 1 aromatic carbocycles. The fourth-order valence-electron chi connectivity index (χ4n) is 1.52. The standard InChI is InChI=1S/C12H15BrN4O/c1-7(14)11-16-17-12(18-11)15-8(2)9-4-3-5-10(13)6-9/h3-8H,14H2,1-2H3,(H,15,17). The van der Waals surface area contributed by atoms with Gasteiger partial charge in [-0.25, -0.2) is 0 Å². The van der Waals surface area contributed by atoms with E-state index in [1.54, 1.807) is 6.92 Å². The summed E-state index contributed by atoms with van der Waals surface area (Å²) in [5.41, 5.74) is 6.79. The lowest BCUT2D eigenvalue weighted by Gasteiger charge is -2.12. The van der Waals surface area contributed by atoms with Gasteiger partial charge < -0.3 is 15.5 Å². The van der Waals surface area contributed by atoms with Crippen molar-refractivity contribution in [2.45, 2.75) is 25.9 Å². The molecular weight excluding hydrogens is 296 g/mol. The molecule has 2 aromatic rings. The Labute approximate surface area is 114 Å². The Morgan fingerprint density at radius 1 is 1.33 bits per heavy atom. The van der Waals surface area contributed by atoms with Crippen molar-refractivity contribution in [1.29, 1.82) is 0 Å². The normalized spacial score (nSPS) is 14.2. The first-order valence-electron chi connectivity index (χ1n) is 5.67. The molecule has 3 N–H and O–H groups in total. The largest absolute Gasteiger partial charge is 0.406 e. The van der Waals surface area contributed by atoms with Crippen LogP contribution in [0.5, 0.6) is 0 Å². The van der Waals surface area contributed by atoms with E-state index in [9.17, 15) is 0 Å². The van der Waals surface area contributed by atoms with Crippen LogP contribution in [0.2, 0.25) is 0 Å². The molecule has 96 valence electrons. The number of hydrogen-bond acceptors (Lipinski definition) is 5. The van der Waals surface area contributed by atoms with Gasteiger partial charge in [-0.1, -0.05) is 33.2 Å². The topological polar surface area (TPSA) is 77.0 Å². The average molecular weight is 311 g/mol. The Kier molecular flexibility index (Phi) is 3.98. The molecule has 1 heterocycles. The summed E-state index contributed by atoms with van der Waals surface area (Å²) in [7, 11) is 0. The maximum Gasteiger partial charge on any atom is 0.315 e. The van der Waals surface area contributed by atoms with Crippen molar-refractivity contribution < 1.29 is 4.42 Å². The Bertz CT molecular complexity index is 526. The molecule has 2 rings (SSSR count). The van der Waals surface area contributed by atoms with Crippen LogP contribution in [0.25, 0.3) is 0 Å². The summed E-state index contributed by atoms with van der Waals surface area (Å²) in [6.45, 7) is 3.83. The van der Waals surface area contributed by atoms with E-state index in [0.29, 0.717) is 11.9 Å². The fraction of sp³-hybridized carbons (Fsp3) is 0.333. The lowest BCUT2D eigenvalue weighted by molar-refractivity contribution is 0.470. The Morgan fingerprint density at radius 3 is 2.72 bits per heavy atom. The van der Waals surface area contributed by atoms with Gasteiger partial charge in [-0.15, -0.1) is 5.10 Å². The number of nitrogens with two attached hydrogens (primary N) is 1. The van der Waals surface area contributed by atoms with Crippen LogP contribution < -0.4 is 11.1 Å². The number of anilines is 1. The zero-order valence-electron chi connectivity index (χ0n) is 10.2. The SMILES string of the molecule is CC(N)c1nnc(NC(C)c2cccc(Br)c2)o1. The highest BCUT2D eigenvalue weighted by atomic mass is 79.9. The van der Waals surface area contributed by atoms with Crippen molar-refractivity contribution in [2.75, 3.05) is 5.32 Å². The van der Waals surface area contributed by atoms with Gasteiger partial charge in [-0.3, -0.25) is 0 Å². The van der Waals surface area contributed by atoms with Gasteiger partial charge in [0.2, 0.25) is 5.89 Å². The molecule has 5 nitrogen and oxygen atoms in total. The second kappa shape index (κ2) is 5.49. The van der Waals surface area contributed by atoms with Crippen molar-refractivity contribution in [3.63, 3.8) is 0 Å². The zero-order valence-corrected chi connectivity index (χ0v) is 11.8. The van der Waals surface area contributed by atoms with Crippen molar-refractivity contribution in [2.24, 2.45) is 5.73 Å². The molecule has 0 saturated carbocycles. The van der Waals surface area contributed by atoms with E-state index in [2.05, 4.69) is 31.4 Å². The summed E-state index contributed by atoms with van der Waals surface area (Å²) in [6.07, 6.45) is 0. The van der Waals surface area contributed by atoms with E-state index in [4.69, 9.17) is 10.2 Å². The maximum atomic E-state index is 5.66. The molecule has 2 unspecified atom stereocenters. The van der Waals surface area contributed by atoms with Crippen LogP contribution in [0.1, 0.15) is 37.4 Å². The van der Waals surface area contributed by atoms with Crippen molar-refractivity contribution >= 4 is 21.9 Å². The lowest BCUT2D eigenvalue weighted by Crippen LogP contribution is -2.07. The van der Waals surface area contributed by atoms with Crippen LogP contribution >= 0.6 is 15.9 Å². The molecule has 0 fully saturated rings. The Morgan fingerprint density at radius 2 is 2.11 bits per heavy atom. The van der Waals surface area contributed by atoms with Crippen LogP contribution in [-0.4, -0.2) is 10.2 Å². The van der Waals surface area contributed by atoms with E-state index < -0.39 is 0 Å². The first-order chi connectivity index (χ1) is 8.56. The number of nitrogens with zero attached hydrogens (tertiary/aromatic N) is 2. The monoisotopic (exact) mass is 310 g/mol. The molecule has 0 aliphatic carbocycles. The number of nitrogens with one attached hydrogen (secondary N) is 1. The molecule has 2 atom stereocenters. The second-order valence-corrected chi connectivity index (χ2v) is 5.07. The molecule has 0 bridgehead atoms. The molecule has 1 aromatic heterocycles. The maximum absolute atomic E-state index is 5.66. The molecule has 0 spiro atoms. The number of aromatic nitrogens is 2. The summed E-state index contributed by atoms with van der Waals surface area (Å²) < 4.78 is 6.43. The minimum absolute atomic E-state index is 0.0730. The van der Waals surface area contributed by atoms with Gasteiger partial charge in [0.25, 0.3) is 0 Å². The molecule has 18 heavy (non-hydrogen) atoms. The number of rotatable bonds is 4.